The molecule has 0 radical (unpaired) electrons. The quantitative estimate of drug-likeness (QED) is 0.445. The van der Waals surface area contributed by atoms with Gasteiger partial charge < -0.3 is 15.1 Å². The Bertz CT molecular complexity index is 559. The van der Waals surface area contributed by atoms with Gasteiger partial charge in [-0.2, -0.15) is 5.10 Å². The van der Waals surface area contributed by atoms with Crippen LogP contribution in [0.3, 0.4) is 0 Å². The van der Waals surface area contributed by atoms with Crippen molar-refractivity contribution in [1.29, 1.82) is 0 Å². The van der Waals surface area contributed by atoms with E-state index < -0.39 is 0 Å². The molecule has 6 heteroatoms. The molecular formula is C16H25N5O. The molecule has 0 fully saturated rings. The topological polar surface area (TPSA) is 67.4 Å². The number of aromatic nitrogens is 2. The number of guanidine groups is 1. The molecule has 0 atom stereocenters. The SMILES string of the molecule is CCCCNC(=NCc1ccnn1C)NCCc1ccco1. The number of hydrogen-bond acceptors (Lipinski definition) is 3. The molecule has 2 N–H and O–H groups in total. The average molecular weight is 303 g/mol. The molecule has 120 valence electrons. The minimum Gasteiger partial charge on any atom is -0.469 e. The molecular weight excluding hydrogens is 278 g/mol. The van der Waals surface area contributed by atoms with Gasteiger partial charge in [-0.3, -0.25) is 4.68 Å². The number of unbranched alkanes of at least 4 members (excludes halogenated alkanes) is 1. The van der Waals surface area contributed by atoms with E-state index in [2.05, 4.69) is 27.6 Å². The normalized spacial score (nSPS) is 11.6. The van der Waals surface area contributed by atoms with Crippen molar-refractivity contribution in [2.45, 2.75) is 32.7 Å². The molecule has 2 aromatic rings. The van der Waals surface area contributed by atoms with Gasteiger partial charge in [0.2, 0.25) is 0 Å². The number of aliphatic imine (C=N–C) groups is 1. The monoisotopic (exact) mass is 303 g/mol. The van der Waals surface area contributed by atoms with Crippen molar-refractivity contribution in [3.8, 4) is 0 Å². The molecule has 0 aliphatic heterocycles. The summed E-state index contributed by atoms with van der Waals surface area (Å²) in [4.78, 5) is 4.62. The fourth-order valence-corrected chi connectivity index (χ4v) is 2.03. The van der Waals surface area contributed by atoms with Gasteiger partial charge in [0.1, 0.15) is 5.76 Å². The molecule has 0 aliphatic carbocycles. The van der Waals surface area contributed by atoms with E-state index in [0.29, 0.717) is 6.54 Å². The summed E-state index contributed by atoms with van der Waals surface area (Å²) in [7, 11) is 1.93. The van der Waals surface area contributed by atoms with Crippen molar-refractivity contribution >= 4 is 5.96 Å². The lowest BCUT2D eigenvalue weighted by molar-refractivity contribution is 0.506. The summed E-state index contributed by atoms with van der Waals surface area (Å²) in [5.74, 6) is 1.81. The number of aryl methyl sites for hydroxylation is 1. The van der Waals surface area contributed by atoms with Crippen molar-refractivity contribution in [3.63, 3.8) is 0 Å². The van der Waals surface area contributed by atoms with Crippen LogP contribution in [-0.2, 0) is 20.0 Å². The van der Waals surface area contributed by atoms with Gasteiger partial charge in [0, 0.05) is 32.8 Å². The third-order valence-electron chi connectivity index (χ3n) is 3.39. The van der Waals surface area contributed by atoms with Gasteiger partial charge in [-0.25, -0.2) is 4.99 Å². The van der Waals surface area contributed by atoms with E-state index in [1.807, 2.05) is 29.9 Å². The molecule has 2 heterocycles. The molecule has 0 spiro atoms. The van der Waals surface area contributed by atoms with Crippen LogP contribution in [0, 0.1) is 0 Å². The van der Waals surface area contributed by atoms with Gasteiger partial charge in [0.05, 0.1) is 18.5 Å². The van der Waals surface area contributed by atoms with E-state index in [4.69, 9.17) is 4.42 Å². The molecule has 0 saturated carbocycles. The maximum atomic E-state index is 5.34. The minimum atomic E-state index is 0.610. The molecule has 0 unspecified atom stereocenters. The van der Waals surface area contributed by atoms with Gasteiger partial charge in [-0.15, -0.1) is 0 Å². The van der Waals surface area contributed by atoms with E-state index in [1.165, 1.54) is 0 Å². The fourth-order valence-electron chi connectivity index (χ4n) is 2.03. The maximum Gasteiger partial charge on any atom is 0.191 e. The highest BCUT2D eigenvalue weighted by Crippen LogP contribution is 2.00. The summed E-state index contributed by atoms with van der Waals surface area (Å²) in [6, 6.07) is 5.88. The number of nitrogens with one attached hydrogen (secondary N) is 2. The maximum absolute atomic E-state index is 5.34. The number of hydrogen-bond donors (Lipinski definition) is 2. The lowest BCUT2D eigenvalue weighted by Crippen LogP contribution is -2.39. The largest absolute Gasteiger partial charge is 0.469 e. The van der Waals surface area contributed by atoms with Crippen LogP contribution in [0.15, 0.2) is 40.1 Å². The summed E-state index contributed by atoms with van der Waals surface area (Å²) in [6.07, 6.45) is 6.62. The van der Waals surface area contributed by atoms with Crippen molar-refractivity contribution in [2.75, 3.05) is 13.1 Å². The van der Waals surface area contributed by atoms with Gasteiger partial charge in [-0.05, 0) is 24.6 Å². The highest BCUT2D eigenvalue weighted by Gasteiger charge is 2.02. The first-order valence-corrected chi connectivity index (χ1v) is 7.81. The first-order chi connectivity index (χ1) is 10.8. The van der Waals surface area contributed by atoms with Crippen molar-refractivity contribution < 1.29 is 4.42 Å². The highest BCUT2D eigenvalue weighted by atomic mass is 16.3. The van der Waals surface area contributed by atoms with Crippen LogP contribution < -0.4 is 10.6 Å². The van der Waals surface area contributed by atoms with Gasteiger partial charge in [0.15, 0.2) is 5.96 Å². The van der Waals surface area contributed by atoms with Crippen LogP contribution in [0.2, 0.25) is 0 Å². The molecule has 0 saturated heterocycles. The summed E-state index contributed by atoms with van der Waals surface area (Å²) >= 11 is 0. The summed E-state index contributed by atoms with van der Waals surface area (Å²) in [5.41, 5.74) is 1.09. The highest BCUT2D eigenvalue weighted by molar-refractivity contribution is 5.79. The molecule has 6 nitrogen and oxygen atoms in total. The second-order valence-corrected chi connectivity index (χ2v) is 5.15. The molecule has 2 rings (SSSR count). The lowest BCUT2D eigenvalue weighted by atomic mass is 10.3. The van der Waals surface area contributed by atoms with Crippen LogP contribution in [0.1, 0.15) is 31.2 Å². The Hall–Kier alpha value is -2.24. The molecule has 0 aliphatic rings. The van der Waals surface area contributed by atoms with Crippen LogP contribution >= 0.6 is 0 Å². The van der Waals surface area contributed by atoms with Gasteiger partial charge >= 0.3 is 0 Å². The predicted molar refractivity (Wildman–Crippen MR) is 87.7 cm³/mol. The van der Waals surface area contributed by atoms with E-state index in [9.17, 15) is 0 Å². The first kappa shape index (κ1) is 16.1. The Morgan fingerprint density at radius 2 is 2.18 bits per heavy atom. The number of furan rings is 1. The zero-order valence-corrected chi connectivity index (χ0v) is 13.4. The third-order valence-corrected chi connectivity index (χ3v) is 3.39. The molecule has 0 bridgehead atoms. The Morgan fingerprint density at radius 3 is 2.86 bits per heavy atom. The van der Waals surface area contributed by atoms with Crippen molar-refractivity contribution in [2.24, 2.45) is 12.0 Å². The summed E-state index contributed by atoms with van der Waals surface area (Å²) < 4.78 is 7.18. The molecule has 2 aromatic heterocycles. The fraction of sp³-hybridized carbons (Fsp3) is 0.500. The van der Waals surface area contributed by atoms with Crippen LogP contribution in [0.25, 0.3) is 0 Å². The predicted octanol–water partition coefficient (Wildman–Crippen LogP) is 2.09. The first-order valence-electron chi connectivity index (χ1n) is 7.81. The standard InChI is InChI=1S/C16H25N5O/c1-3-4-9-17-16(18-10-8-15-6-5-12-22-15)19-13-14-7-11-20-21(14)2/h5-7,11-12H,3-4,8-10,13H2,1-2H3,(H2,17,18,19). The smallest absolute Gasteiger partial charge is 0.191 e. The molecule has 22 heavy (non-hydrogen) atoms. The molecule has 0 aromatic carbocycles. The zero-order chi connectivity index (χ0) is 15.6. The van der Waals surface area contributed by atoms with E-state index in [1.54, 1.807) is 12.5 Å². The third kappa shape index (κ3) is 5.27. The summed E-state index contributed by atoms with van der Waals surface area (Å²) in [6.45, 7) is 4.50. The second-order valence-electron chi connectivity index (χ2n) is 5.15. The molecule has 0 amide bonds. The van der Waals surface area contributed by atoms with Crippen molar-refractivity contribution in [3.05, 3.63) is 42.1 Å². The van der Waals surface area contributed by atoms with E-state index in [-0.39, 0.29) is 0 Å². The Labute approximate surface area is 131 Å². The Morgan fingerprint density at radius 1 is 1.32 bits per heavy atom. The van der Waals surface area contributed by atoms with E-state index in [0.717, 1.165) is 49.8 Å². The minimum absolute atomic E-state index is 0.610. The lowest BCUT2D eigenvalue weighted by Gasteiger charge is -2.12. The second kappa shape index (κ2) is 8.92. The Kier molecular flexibility index (Phi) is 6.54. The number of nitrogens with zero attached hydrogens (tertiary/aromatic N) is 3. The summed E-state index contributed by atoms with van der Waals surface area (Å²) in [5, 5.41) is 10.9. The van der Waals surface area contributed by atoms with Crippen LogP contribution in [0.4, 0.5) is 0 Å². The van der Waals surface area contributed by atoms with E-state index >= 15 is 0 Å². The zero-order valence-electron chi connectivity index (χ0n) is 13.4. The average Bonchev–Trinajstić information content (AvgIpc) is 3.16. The Balaban J connectivity index is 1.85. The van der Waals surface area contributed by atoms with Crippen LogP contribution in [-0.4, -0.2) is 28.8 Å². The van der Waals surface area contributed by atoms with Gasteiger partial charge in [-0.1, -0.05) is 13.3 Å². The van der Waals surface area contributed by atoms with Crippen LogP contribution in [0.5, 0.6) is 0 Å². The van der Waals surface area contributed by atoms with Crippen molar-refractivity contribution in [1.82, 2.24) is 20.4 Å². The number of rotatable bonds is 8. The van der Waals surface area contributed by atoms with Gasteiger partial charge in [0.25, 0.3) is 0 Å².